The summed E-state index contributed by atoms with van der Waals surface area (Å²) < 4.78 is 25.1. The van der Waals surface area contributed by atoms with Crippen LogP contribution in [0.25, 0.3) is 0 Å². The van der Waals surface area contributed by atoms with Crippen LogP contribution in [0.1, 0.15) is 5.56 Å². The Balaban J connectivity index is 2.78. The quantitative estimate of drug-likeness (QED) is 0.741. The standard InChI is InChI=1S/C9H9F2NO2/c10-6-2-1-5(3-7(6)11)4-8(13)9(12)14/h1-3,8,13H,4H2,(H2,12,14). The number of halogens is 2. The van der Waals surface area contributed by atoms with Crippen LogP contribution in [-0.2, 0) is 11.2 Å². The minimum atomic E-state index is -1.38. The van der Waals surface area contributed by atoms with Gasteiger partial charge in [-0.2, -0.15) is 0 Å². The number of benzene rings is 1. The second kappa shape index (κ2) is 4.15. The van der Waals surface area contributed by atoms with Gasteiger partial charge in [-0.3, -0.25) is 4.79 Å². The molecule has 5 heteroatoms. The van der Waals surface area contributed by atoms with Gasteiger partial charge in [0.2, 0.25) is 5.91 Å². The molecular weight excluding hydrogens is 192 g/mol. The molecule has 0 heterocycles. The topological polar surface area (TPSA) is 63.3 Å². The molecule has 0 aromatic heterocycles. The second-order valence-corrected chi connectivity index (χ2v) is 2.87. The summed E-state index contributed by atoms with van der Waals surface area (Å²) in [4.78, 5) is 10.5. The molecule has 1 aromatic rings. The average molecular weight is 201 g/mol. The Morgan fingerprint density at radius 3 is 2.57 bits per heavy atom. The Kier molecular flexibility index (Phi) is 3.14. The molecule has 1 atom stereocenters. The molecular formula is C9H9F2NO2. The normalized spacial score (nSPS) is 12.5. The monoisotopic (exact) mass is 201 g/mol. The Bertz CT molecular complexity index is 355. The molecule has 0 aliphatic heterocycles. The number of hydrogen-bond acceptors (Lipinski definition) is 2. The molecule has 3 N–H and O–H groups in total. The summed E-state index contributed by atoms with van der Waals surface area (Å²) in [5.41, 5.74) is 5.11. The van der Waals surface area contributed by atoms with E-state index in [-0.39, 0.29) is 6.42 Å². The maximum Gasteiger partial charge on any atom is 0.246 e. The Morgan fingerprint density at radius 2 is 2.07 bits per heavy atom. The number of aliphatic hydroxyl groups excluding tert-OH is 1. The third kappa shape index (κ3) is 2.50. The van der Waals surface area contributed by atoms with Crippen LogP contribution in [0.2, 0.25) is 0 Å². The number of primary amides is 1. The molecule has 76 valence electrons. The van der Waals surface area contributed by atoms with E-state index in [1.165, 1.54) is 6.07 Å². The van der Waals surface area contributed by atoms with E-state index in [2.05, 4.69) is 0 Å². The summed E-state index contributed by atoms with van der Waals surface area (Å²) in [6.07, 6.45) is -1.49. The molecule has 0 fully saturated rings. The molecule has 1 amide bonds. The van der Waals surface area contributed by atoms with Crippen LogP contribution in [0, 0.1) is 11.6 Å². The first-order valence-electron chi connectivity index (χ1n) is 3.92. The first-order chi connectivity index (χ1) is 6.50. The van der Waals surface area contributed by atoms with Gasteiger partial charge in [0.05, 0.1) is 0 Å². The highest BCUT2D eigenvalue weighted by molar-refractivity contribution is 5.78. The fourth-order valence-electron chi connectivity index (χ4n) is 0.990. The van der Waals surface area contributed by atoms with E-state index in [9.17, 15) is 13.6 Å². The van der Waals surface area contributed by atoms with Gasteiger partial charge in [0.25, 0.3) is 0 Å². The van der Waals surface area contributed by atoms with Gasteiger partial charge in [0.1, 0.15) is 6.10 Å². The Hall–Kier alpha value is -1.49. The van der Waals surface area contributed by atoms with Crippen molar-refractivity contribution in [1.82, 2.24) is 0 Å². The molecule has 1 aromatic carbocycles. The number of rotatable bonds is 3. The highest BCUT2D eigenvalue weighted by atomic mass is 19.2. The summed E-state index contributed by atoms with van der Waals surface area (Å²) in [5, 5.41) is 9.05. The number of carbonyl (C=O) groups is 1. The molecule has 1 unspecified atom stereocenters. The lowest BCUT2D eigenvalue weighted by Crippen LogP contribution is -2.30. The van der Waals surface area contributed by atoms with Crippen LogP contribution in [0.3, 0.4) is 0 Å². The van der Waals surface area contributed by atoms with E-state index >= 15 is 0 Å². The zero-order valence-corrected chi connectivity index (χ0v) is 7.21. The van der Waals surface area contributed by atoms with Crippen LogP contribution in [-0.4, -0.2) is 17.1 Å². The van der Waals surface area contributed by atoms with E-state index in [4.69, 9.17) is 10.8 Å². The van der Waals surface area contributed by atoms with Crippen molar-refractivity contribution in [3.63, 3.8) is 0 Å². The van der Waals surface area contributed by atoms with Gasteiger partial charge in [0.15, 0.2) is 11.6 Å². The minimum Gasteiger partial charge on any atom is -0.383 e. The van der Waals surface area contributed by atoms with Crippen molar-refractivity contribution in [2.24, 2.45) is 5.73 Å². The van der Waals surface area contributed by atoms with Crippen molar-refractivity contribution in [2.75, 3.05) is 0 Å². The average Bonchev–Trinajstić information content (AvgIpc) is 2.11. The summed E-state index contributed by atoms with van der Waals surface area (Å²) in [6, 6.07) is 3.13. The van der Waals surface area contributed by atoms with Gasteiger partial charge in [0, 0.05) is 6.42 Å². The maximum atomic E-state index is 12.7. The molecule has 0 spiro atoms. The lowest BCUT2D eigenvalue weighted by atomic mass is 10.1. The molecule has 3 nitrogen and oxygen atoms in total. The first-order valence-corrected chi connectivity index (χ1v) is 3.92. The number of nitrogens with two attached hydrogens (primary N) is 1. The summed E-state index contributed by atoms with van der Waals surface area (Å²) >= 11 is 0. The number of amides is 1. The fraction of sp³-hybridized carbons (Fsp3) is 0.222. The number of aliphatic hydroxyl groups is 1. The maximum absolute atomic E-state index is 12.7. The van der Waals surface area contributed by atoms with Gasteiger partial charge in [-0.05, 0) is 17.7 Å². The third-order valence-electron chi connectivity index (χ3n) is 1.74. The van der Waals surface area contributed by atoms with Crippen molar-refractivity contribution in [3.05, 3.63) is 35.4 Å². The molecule has 14 heavy (non-hydrogen) atoms. The summed E-state index contributed by atoms with van der Waals surface area (Å²) in [7, 11) is 0. The Morgan fingerprint density at radius 1 is 1.43 bits per heavy atom. The lowest BCUT2D eigenvalue weighted by Gasteiger charge is -2.06. The second-order valence-electron chi connectivity index (χ2n) is 2.87. The van der Waals surface area contributed by atoms with Crippen LogP contribution in [0.15, 0.2) is 18.2 Å². The van der Waals surface area contributed by atoms with Crippen molar-refractivity contribution >= 4 is 5.91 Å². The molecule has 0 saturated heterocycles. The lowest BCUT2D eigenvalue weighted by molar-refractivity contribution is -0.125. The molecule has 0 aliphatic carbocycles. The Labute approximate surface area is 79.2 Å². The van der Waals surface area contributed by atoms with Gasteiger partial charge in [-0.15, -0.1) is 0 Å². The molecule has 0 aliphatic rings. The molecule has 1 rings (SSSR count). The third-order valence-corrected chi connectivity index (χ3v) is 1.74. The first kappa shape index (κ1) is 10.6. The van der Waals surface area contributed by atoms with E-state index in [0.717, 1.165) is 12.1 Å². The smallest absolute Gasteiger partial charge is 0.246 e. The molecule has 0 saturated carbocycles. The van der Waals surface area contributed by atoms with E-state index in [1.54, 1.807) is 0 Å². The zero-order valence-electron chi connectivity index (χ0n) is 7.21. The van der Waals surface area contributed by atoms with Crippen LogP contribution < -0.4 is 5.73 Å². The van der Waals surface area contributed by atoms with E-state index in [0.29, 0.717) is 5.56 Å². The predicted octanol–water partition coefficient (Wildman–Crippen LogP) is 0.353. The van der Waals surface area contributed by atoms with E-state index in [1.807, 2.05) is 0 Å². The van der Waals surface area contributed by atoms with Gasteiger partial charge >= 0.3 is 0 Å². The SMILES string of the molecule is NC(=O)C(O)Cc1ccc(F)c(F)c1. The van der Waals surface area contributed by atoms with Gasteiger partial charge in [-0.1, -0.05) is 6.07 Å². The highest BCUT2D eigenvalue weighted by Crippen LogP contribution is 2.10. The van der Waals surface area contributed by atoms with Crippen LogP contribution in [0.4, 0.5) is 8.78 Å². The fourth-order valence-corrected chi connectivity index (χ4v) is 0.990. The van der Waals surface area contributed by atoms with Crippen LogP contribution >= 0.6 is 0 Å². The number of hydrogen-bond donors (Lipinski definition) is 2. The predicted molar refractivity (Wildman–Crippen MR) is 45.3 cm³/mol. The summed E-state index contributed by atoms with van der Waals surface area (Å²) in [5.74, 6) is -2.88. The van der Waals surface area contributed by atoms with Crippen LogP contribution in [0.5, 0.6) is 0 Å². The molecule has 0 radical (unpaired) electrons. The van der Waals surface area contributed by atoms with Crippen molar-refractivity contribution in [3.8, 4) is 0 Å². The number of carbonyl (C=O) groups excluding carboxylic acids is 1. The van der Waals surface area contributed by atoms with Gasteiger partial charge < -0.3 is 10.8 Å². The summed E-state index contributed by atoms with van der Waals surface area (Å²) in [6.45, 7) is 0. The zero-order chi connectivity index (χ0) is 10.7. The highest BCUT2D eigenvalue weighted by Gasteiger charge is 2.12. The minimum absolute atomic E-state index is 0.119. The molecule has 0 bridgehead atoms. The van der Waals surface area contributed by atoms with Crippen molar-refractivity contribution < 1.29 is 18.7 Å². The van der Waals surface area contributed by atoms with Crippen molar-refractivity contribution in [1.29, 1.82) is 0 Å². The largest absolute Gasteiger partial charge is 0.383 e. The van der Waals surface area contributed by atoms with Gasteiger partial charge in [-0.25, -0.2) is 8.78 Å². The van der Waals surface area contributed by atoms with E-state index < -0.39 is 23.6 Å². The van der Waals surface area contributed by atoms with Crippen molar-refractivity contribution in [2.45, 2.75) is 12.5 Å².